The van der Waals surface area contributed by atoms with Gasteiger partial charge in [-0.15, -0.1) is 5.10 Å². The topological polar surface area (TPSA) is 50.7 Å². The molecule has 1 heterocycles. The van der Waals surface area contributed by atoms with Gasteiger partial charge in [-0.05, 0) is 50.9 Å². The Bertz CT molecular complexity index is 407. The highest BCUT2D eigenvalue weighted by Crippen LogP contribution is 2.61. The third-order valence-corrected chi connectivity index (χ3v) is 4.03. The molecule has 0 aromatic carbocycles. The average Bonchev–Trinajstić information content (AvgIpc) is 3.13. The van der Waals surface area contributed by atoms with E-state index in [2.05, 4.69) is 20.5 Å². The maximum absolute atomic E-state index is 4.40. The lowest BCUT2D eigenvalue weighted by Gasteiger charge is -2.14. The van der Waals surface area contributed by atoms with Crippen LogP contribution in [0.2, 0.25) is 0 Å². The molecule has 0 amide bonds. The Labute approximate surface area is 95.9 Å². The molecule has 4 nitrogen and oxygen atoms in total. The predicted molar refractivity (Wildman–Crippen MR) is 62.2 cm³/mol. The Morgan fingerprint density at radius 1 is 1.19 bits per heavy atom. The van der Waals surface area contributed by atoms with E-state index in [1.807, 2.05) is 13.8 Å². The molecule has 86 valence electrons. The predicted octanol–water partition coefficient (Wildman–Crippen LogP) is 2.09. The number of nitrogens with one attached hydrogen (secondary N) is 1. The molecule has 4 heteroatoms. The number of nitrogens with zero attached hydrogens (tertiary/aromatic N) is 3. The average molecular weight is 218 g/mol. The smallest absolute Gasteiger partial charge is 0.242 e. The summed E-state index contributed by atoms with van der Waals surface area (Å²) in [6, 6.07) is 0. The monoisotopic (exact) mass is 218 g/mol. The molecule has 2 saturated carbocycles. The van der Waals surface area contributed by atoms with Crippen molar-refractivity contribution < 1.29 is 0 Å². The minimum atomic E-state index is 0.585. The number of hydrogen-bond acceptors (Lipinski definition) is 4. The molecule has 2 aliphatic carbocycles. The summed E-state index contributed by atoms with van der Waals surface area (Å²) in [5.41, 5.74) is 2.46. The highest BCUT2D eigenvalue weighted by Gasteiger charge is 2.53. The lowest BCUT2D eigenvalue weighted by molar-refractivity contribution is 0.465. The number of anilines is 1. The summed E-state index contributed by atoms with van der Waals surface area (Å²) in [7, 11) is 0. The lowest BCUT2D eigenvalue weighted by Crippen LogP contribution is -2.19. The van der Waals surface area contributed by atoms with Crippen molar-refractivity contribution in [2.75, 3.05) is 11.9 Å². The van der Waals surface area contributed by atoms with Gasteiger partial charge < -0.3 is 5.32 Å². The van der Waals surface area contributed by atoms with E-state index in [-0.39, 0.29) is 0 Å². The zero-order valence-electron chi connectivity index (χ0n) is 9.95. The van der Waals surface area contributed by atoms with Crippen molar-refractivity contribution >= 4 is 5.95 Å². The van der Waals surface area contributed by atoms with Gasteiger partial charge in [-0.2, -0.15) is 5.10 Å². The van der Waals surface area contributed by atoms with Crippen LogP contribution in [0.15, 0.2) is 0 Å². The Balaban J connectivity index is 1.63. The van der Waals surface area contributed by atoms with E-state index in [0.29, 0.717) is 11.4 Å². The van der Waals surface area contributed by atoms with Crippen LogP contribution in [0.5, 0.6) is 0 Å². The lowest BCUT2D eigenvalue weighted by atomic mass is 10.0. The summed E-state index contributed by atoms with van der Waals surface area (Å²) in [4.78, 5) is 4.40. The van der Waals surface area contributed by atoms with E-state index in [4.69, 9.17) is 0 Å². The molecule has 1 aromatic rings. The van der Waals surface area contributed by atoms with E-state index in [9.17, 15) is 0 Å². The van der Waals surface area contributed by atoms with Crippen LogP contribution in [-0.2, 0) is 0 Å². The normalized spacial score (nSPS) is 21.9. The first kappa shape index (κ1) is 10.00. The van der Waals surface area contributed by atoms with Crippen molar-refractivity contribution in [2.45, 2.75) is 39.5 Å². The fraction of sp³-hybridized carbons (Fsp3) is 0.750. The van der Waals surface area contributed by atoms with Crippen LogP contribution >= 0.6 is 0 Å². The molecule has 0 saturated heterocycles. The summed E-state index contributed by atoms with van der Waals surface area (Å²) in [5.74, 6) is 1.66. The molecule has 0 radical (unpaired) electrons. The van der Waals surface area contributed by atoms with Crippen LogP contribution < -0.4 is 5.32 Å². The number of hydrogen-bond donors (Lipinski definition) is 1. The molecule has 0 aliphatic heterocycles. The van der Waals surface area contributed by atoms with Gasteiger partial charge in [-0.1, -0.05) is 0 Å². The van der Waals surface area contributed by atoms with Gasteiger partial charge in [-0.3, -0.25) is 0 Å². The van der Waals surface area contributed by atoms with Gasteiger partial charge in [0.1, 0.15) is 0 Å². The number of rotatable bonds is 4. The Morgan fingerprint density at radius 2 is 1.94 bits per heavy atom. The molecular formula is C12H18N4. The number of aryl methyl sites for hydroxylation is 2. The Kier molecular flexibility index (Phi) is 2.13. The molecule has 1 aromatic heterocycles. The van der Waals surface area contributed by atoms with Crippen molar-refractivity contribution in [3.8, 4) is 0 Å². The first-order valence-corrected chi connectivity index (χ1v) is 6.11. The molecule has 0 atom stereocenters. The van der Waals surface area contributed by atoms with Gasteiger partial charge in [0, 0.05) is 6.54 Å². The van der Waals surface area contributed by atoms with Crippen molar-refractivity contribution in [1.82, 2.24) is 15.2 Å². The molecule has 2 fully saturated rings. The molecule has 0 spiro atoms. The fourth-order valence-electron chi connectivity index (χ4n) is 2.37. The van der Waals surface area contributed by atoms with E-state index < -0.39 is 0 Å². The summed E-state index contributed by atoms with van der Waals surface area (Å²) >= 11 is 0. The van der Waals surface area contributed by atoms with Gasteiger partial charge >= 0.3 is 0 Å². The molecule has 3 rings (SSSR count). The van der Waals surface area contributed by atoms with Gasteiger partial charge in [0.2, 0.25) is 5.95 Å². The standard InChI is InChI=1S/C12H18N4/c1-8-9(2)15-16-11(14-8)13-7-12(5-6-12)10-3-4-10/h10H,3-7H2,1-2H3,(H,13,14,16). The van der Waals surface area contributed by atoms with Crippen molar-refractivity contribution in [1.29, 1.82) is 0 Å². The fourth-order valence-corrected chi connectivity index (χ4v) is 2.37. The first-order valence-electron chi connectivity index (χ1n) is 6.11. The van der Waals surface area contributed by atoms with Crippen LogP contribution in [0.25, 0.3) is 0 Å². The maximum Gasteiger partial charge on any atom is 0.242 e. The van der Waals surface area contributed by atoms with Crippen LogP contribution in [0.1, 0.15) is 37.1 Å². The third kappa shape index (κ3) is 1.77. The maximum atomic E-state index is 4.40. The molecule has 2 aliphatic rings. The second kappa shape index (κ2) is 3.40. The van der Waals surface area contributed by atoms with Crippen molar-refractivity contribution in [3.05, 3.63) is 11.4 Å². The quantitative estimate of drug-likeness (QED) is 0.840. The van der Waals surface area contributed by atoms with Crippen molar-refractivity contribution in [3.63, 3.8) is 0 Å². The van der Waals surface area contributed by atoms with Gasteiger partial charge in [0.25, 0.3) is 0 Å². The van der Waals surface area contributed by atoms with Gasteiger partial charge in [0.05, 0.1) is 11.4 Å². The minimum absolute atomic E-state index is 0.585. The third-order valence-electron chi connectivity index (χ3n) is 4.03. The molecule has 0 bridgehead atoms. The van der Waals surface area contributed by atoms with Gasteiger partial charge in [0.15, 0.2) is 0 Å². The minimum Gasteiger partial charge on any atom is -0.352 e. The summed E-state index contributed by atoms with van der Waals surface area (Å²) in [6.07, 6.45) is 5.60. The summed E-state index contributed by atoms with van der Waals surface area (Å²) in [5, 5.41) is 11.5. The number of aromatic nitrogens is 3. The highest BCUT2D eigenvalue weighted by atomic mass is 15.2. The molecular weight excluding hydrogens is 200 g/mol. The second-order valence-corrected chi connectivity index (χ2v) is 5.30. The van der Waals surface area contributed by atoms with Crippen LogP contribution in [-0.4, -0.2) is 21.7 Å². The highest BCUT2D eigenvalue weighted by molar-refractivity contribution is 5.26. The zero-order chi connectivity index (χ0) is 11.2. The molecule has 16 heavy (non-hydrogen) atoms. The van der Waals surface area contributed by atoms with E-state index in [0.717, 1.165) is 23.9 Å². The molecule has 0 unspecified atom stereocenters. The van der Waals surface area contributed by atoms with Crippen molar-refractivity contribution in [2.24, 2.45) is 11.3 Å². The Morgan fingerprint density at radius 3 is 2.50 bits per heavy atom. The van der Waals surface area contributed by atoms with E-state index in [1.54, 1.807) is 0 Å². The second-order valence-electron chi connectivity index (χ2n) is 5.30. The Hall–Kier alpha value is -1.19. The summed E-state index contributed by atoms with van der Waals surface area (Å²) in [6.45, 7) is 4.94. The summed E-state index contributed by atoms with van der Waals surface area (Å²) < 4.78 is 0. The van der Waals surface area contributed by atoms with Crippen LogP contribution in [0, 0.1) is 25.2 Å². The zero-order valence-corrected chi connectivity index (χ0v) is 9.95. The first-order chi connectivity index (χ1) is 7.70. The van der Waals surface area contributed by atoms with E-state index in [1.165, 1.54) is 25.7 Å². The van der Waals surface area contributed by atoms with Crippen LogP contribution in [0.3, 0.4) is 0 Å². The SMILES string of the molecule is Cc1nnc(NCC2(C3CC3)CC2)nc1C. The molecule has 1 N–H and O–H groups in total. The van der Waals surface area contributed by atoms with Crippen LogP contribution in [0.4, 0.5) is 5.95 Å². The van der Waals surface area contributed by atoms with Gasteiger partial charge in [-0.25, -0.2) is 4.98 Å². The largest absolute Gasteiger partial charge is 0.352 e. The van der Waals surface area contributed by atoms with E-state index >= 15 is 0 Å².